The number of carbonyl (C=O) groups is 2. The number of hydrogen-bond donors (Lipinski definition) is 2. The van der Waals surface area contributed by atoms with Crippen LogP contribution in [0.4, 0.5) is 0 Å². The van der Waals surface area contributed by atoms with E-state index in [1.807, 2.05) is 0 Å². The second-order valence-corrected chi connectivity index (χ2v) is 5.56. The summed E-state index contributed by atoms with van der Waals surface area (Å²) in [4.78, 5) is 24.2. The number of aliphatic carboxylic acids is 1. The van der Waals surface area contributed by atoms with Crippen LogP contribution in [-0.2, 0) is 9.59 Å². The van der Waals surface area contributed by atoms with Crippen LogP contribution in [0.25, 0.3) is 6.08 Å². The van der Waals surface area contributed by atoms with Gasteiger partial charge in [0.15, 0.2) is 0 Å². The minimum absolute atomic E-state index is 0.0154. The summed E-state index contributed by atoms with van der Waals surface area (Å²) in [7, 11) is 0. The molecule has 1 aromatic rings. The van der Waals surface area contributed by atoms with Crippen molar-refractivity contribution in [2.24, 2.45) is 0 Å². The molecule has 5 nitrogen and oxygen atoms in total. The summed E-state index contributed by atoms with van der Waals surface area (Å²) in [5.41, 5.74) is 0.671. The van der Waals surface area contributed by atoms with Crippen LogP contribution in [0.1, 0.15) is 12.0 Å². The van der Waals surface area contributed by atoms with Crippen molar-refractivity contribution in [2.45, 2.75) is 18.6 Å². The standard InChI is InChI=1S/C14H13Cl2NO4/c15-10-3-1-8(5-11(10)16)2-4-13(19)17-7-9(18)6-12(17)14(20)21/h1-5,9,12,18H,6-7H2,(H,20,21)/t9-,12-/m1/s1. The molecule has 0 unspecified atom stereocenters. The smallest absolute Gasteiger partial charge is 0.326 e. The van der Waals surface area contributed by atoms with Crippen molar-refractivity contribution < 1.29 is 19.8 Å². The highest BCUT2D eigenvalue weighted by Gasteiger charge is 2.37. The molecule has 1 amide bonds. The summed E-state index contributed by atoms with van der Waals surface area (Å²) in [6.07, 6.45) is 2.01. The van der Waals surface area contributed by atoms with E-state index in [1.54, 1.807) is 18.2 Å². The molecule has 0 radical (unpaired) electrons. The fraction of sp³-hybridized carbons (Fsp3) is 0.286. The Bertz CT molecular complexity index is 603. The zero-order valence-corrected chi connectivity index (χ0v) is 12.4. The molecule has 0 saturated carbocycles. The maximum atomic E-state index is 12.0. The summed E-state index contributed by atoms with van der Waals surface area (Å²) < 4.78 is 0. The third kappa shape index (κ3) is 3.75. The Morgan fingerprint density at radius 3 is 2.62 bits per heavy atom. The summed E-state index contributed by atoms with van der Waals surface area (Å²) >= 11 is 11.7. The molecule has 1 fully saturated rings. The van der Waals surface area contributed by atoms with Crippen molar-refractivity contribution in [1.82, 2.24) is 4.90 Å². The number of aliphatic hydroxyl groups excluding tert-OH is 1. The van der Waals surface area contributed by atoms with Crippen molar-refractivity contribution in [3.05, 3.63) is 39.9 Å². The van der Waals surface area contributed by atoms with Crippen LogP contribution in [0.3, 0.4) is 0 Å². The van der Waals surface area contributed by atoms with Gasteiger partial charge < -0.3 is 15.1 Å². The van der Waals surface area contributed by atoms with Crippen LogP contribution >= 0.6 is 23.2 Å². The Hall–Kier alpha value is -1.56. The van der Waals surface area contributed by atoms with Gasteiger partial charge in [0.2, 0.25) is 5.91 Å². The average molecular weight is 330 g/mol. The first-order valence-corrected chi connectivity index (χ1v) is 6.98. The van der Waals surface area contributed by atoms with Crippen molar-refractivity contribution in [2.75, 3.05) is 6.54 Å². The highest BCUT2D eigenvalue weighted by Crippen LogP contribution is 2.23. The maximum Gasteiger partial charge on any atom is 0.326 e. The first-order chi connectivity index (χ1) is 9.88. The Labute approximate surface area is 131 Å². The van der Waals surface area contributed by atoms with Crippen molar-refractivity contribution in [1.29, 1.82) is 0 Å². The first-order valence-electron chi connectivity index (χ1n) is 6.23. The number of aliphatic hydroxyl groups is 1. The molecule has 0 aliphatic carbocycles. The van der Waals surface area contributed by atoms with Crippen LogP contribution < -0.4 is 0 Å². The molecule has 112 valence electrons. The highest BCUT2D eigenvalue weighted by molar-refractivity contribution is 6.42. The SMILES string of the molecule is O=C(O)[C@H]1C[C@@H](O)CN1C(=O)C=Cc1ccc(Cl)c(Cl)c1. The monoisotopic (exact) mass is 329 g/mol. The van der Waals surface area contributed by atoms with E-state index in [0.29, 0.717) is 15.6 Å². The Morgan fingerprint density at radius 1 is 1.29 bits per heavy atom. The van der Waals surface area contributed by atoms with Gasteiger partial charge in [-0.05, 0) is 23.8 Å². The maximum absolute atomic E-state index is 12.0. The van der Waals surface area contributed by atoms with Crippen LogP contribution in [0.15, 0.2) is 24.3 Å². The van der Waals surface area contributed by atoms with Gasteiger partial charge in [0.25, 0.3) is 0 Å². The number of nitrogens with zero attached hydrogens (tertiary/aromatic N) is 1. The lowest BCUT2D eigenvalue weighted by Gasteiger charge is -2.19. The van der Waals surface area contributed by atoms with Gasteiger partial charge >= 0.3 is 5.97 Å². The molecule has 0 spiro atoms. The molecule has 1 aliphatic heterocycles. The molecule has 0 aromatic heterocycles. The molecule has 2 atom stereocenters. The van der Waals surface area contributed by atoms with E-state index in [0.717, 1.165) is 4.90 Å². The minimum Gasteiger partial charge on any atom is -0.480 e. The third-order valence-electron chi connectivity index (χ3n) is 3.21. The molecule has 1 aliphatic rings. The lowest BCUT2D eigenvalue weighted by molar-refractivity contribution is -0.146. The van der Waals surface area contributed by atoms with Gasteiger partial charge in [-0.2, -0.15) is 0 Å². The van der Waals surface area contributed by atoms with E-state index in [4.69, 9.17) is 28.3 Å². The first kappa shape index (κ1) is 15.8. The van der Waals surface area contributed by atoms with Gasteiger partial charge in [0.05, 0.1) is 16.1 Å². The predicted octanol–water partition coefficient (Wildman–Crippen LogP) is 2.05. The molecule has 21 heavy (non-hydrogen) atoms. The van der Waals surface area contributed by atoms with Crippen LogP contribution in [-0.4, -0.2) is 45.7 Å². The van der Waals surface area contributed by atoms with Gasteiger partial charge in [-0.15, -0.1) is 0 Å². The third-order valence-corrected chi connectivity index (χ3v) is 3.95. The molecule has 2 N–H and O–H groups in total. The van der Waals surface area contributed by atoms with Gasteiger partial charge in [-0.3, -0.25) is 4.79 Å². The van der Waals surface area contributed by atoms with Gasteiger partial charge in [-0.1, -0.05) is 29.3 Å². The Morgan fingerprint density at radius 2 is 2.00 bits per heavy atom. The quantitative estimate of drug-likeness (QED) is 0.832. The summed E-state index contributed by atoms with van der Waals surface area (Å²) in [6, 6.07) is 3.89. The van der Waals surface area contributed by atoms with Crippen molar-refractivity contribution >= 4 is 41.2 Å². The molecule has 1 aromatic carbocycles. The van der Waals surface area contributed by atoms with Crippen LogP contribution in [0.5, 0.6) is 0 Å². The number of carboxylic acid groups (broad SMARTS) is 1. The summed E-state index contributed by atoms with van der Waals surface area (Å²) in [6.45, 7) is 0.0154. The number of β-amino-alcohol motifs (C(OH)–C–C–N with tert-alkyl or cyclic N) is 1. The molecular formula is C14H13Cl2NO4. The lowest BCUT2D eigenvalue weighted by atomic mass is 10.2. The summed E-state index contributed by atoms with van der Waals surface area (Å²) in [5, 5.41) is 19.3. The summed E-state index contributed by atoms with van der Waals surface area (Å²) in [5.74, 6) is -1.59. The lowest BCUT2D eigenvalue weighted by Crippen LogP contribution is -2.39. The fourth-order valence-electron chi connectivity index (χ4n) is 2.17. The molecule has 1 heterocycles. The average Bonchev–Trinajstić information content (AvgIpc) is 2.82. The number of rotatable bonds is 3. The highest BCUT2D eigenvalue weighted by atomic mass is 35.5. The van der Waals surface area contributed by atoms with Gasteiger partial charge in [0.1, 0.15) is 6.04 Å². The minimum atomic E-state index is -1.12. The number of carbonyl (C=O) groups excluding carboxylic acids is 1. The van der Waals surface area contributed by atoms with E-state index >= 15 is 0 Å². The van der Waals surface area contributed by atoms with Gasteiger partial charge in [-0.25, -0.2) is 4.79 Å². The number of hydrogen-bond acceptors (Lipinski definition) is 3. The molecule has 2 rings (SSSR count). The Kier molecular flexibility index (Phi) is 4.88. The normalized spacial score (nSPS) is 22.0. The molecule has 1 saturated heterocycles. The zero-order valence-electron chi connectivity index (χ0n) is 10.9. The second kappa shape index (κ2) is 6.47. The predicted molar refractivity (Wildman–Crippen MR) is 79.3 cm³/mol. The van der Waals surface area contributed by atoms with E-state index < -0.39 is 24.0 Å². The largest absolute Gasteiger partial charge is 0.480 e. The number of benzene rings is 1. The van der Waals surface area contributed by atoms with Crippen molar-refractivity contribution in [3.63, 3.8) is 0 Å². The van der Waals surface area contributed by atoms with Crippen molar-refractivity contribution in [3.8, 4) is 0 Å². The topological polar surface area (TPSA) is 77.8 Å². The molecular weight excluding hydrogens is 317 g/mol. The number of carboxylic acids is 1. The molecule has 7 heteroatoms. The van der Waals surface area contributed by atoms with Crippen LogP contribution in [0, 0.1) is 0 Å². The van der Waals surface area contributed by atoms with Crippen LogP contribution in [0.2, 0.25) is 10.0 Å². The second-order valence-electron chi connectivity index (χ2n) is 4.74. The molecule has 0 bridgehead atoms. The van der Waals surface area contributed by atoms with E-state index in [9.17, 15) is 14.7 Å². The number of likely N-dealkylation sites (tertiary alicyclic amines) is 1. The Balaban J connectivity index is 2.11. The van der Waals surface area contributed by atoms with E-state index in [1.165, 1.54) is 12.2 Å². The van der Waals surface area contributed by atoms with E-state index in [-0.39, 0.29) is 13.0 Å². The fourth-order valence-corrected chi connectivity index (χ4v) is 2.48. The number of halogens is 2. The zero-order chi connectivity index (χ0) is 15.6. The number of amides is 1. The van der Waals surface area contributed by atoms with Gasteiger partial charge in [0, 0.05) is 19.0 Å². The van der Waals surface area contributed by atoms with E-state index in [2.05, 4.69) is 0 Å².